The minimum atomic E-state index is -0.931. The van der Waals surface area contributed by atoms with Crippen molar-refractivity contribution < 1.29 is 33.9 Å². The number of phenols is 1. The minimum Gasteiger partial charge on any atom is -0.506 e. The summed E-state index contributed by atoms with van der Waals surface area (Å²) in [4.78, 5) is 44.3. The predicted octanol–water partition coefficient (Wildman–Crippen LogP) is 6.19. The highest BCUT2D eigenvalue weighted by Gasteiger charge is 2.41. The van der Waals surface area contributed by atoms with Crippen LogP contribution < -0.4 is 21.5 Å². The van der Waals surface area contributed by atoms with Crippen LogP contribution in [0.15, 0.2) is 105 Å². The van der Waals surface area contributed by atoms with Crippen LogP contribution in [0.2, 0.25) is 0 Å². The number of aryl methyl sites for hydroxylation is 2. The quantitative estimate of drug-likeness (QED) is 0.0860. The molecular weight excluding hydrogens is 736 g/mol. The van der Waals surface area contributed by atoms with Gasteiger partial charge in [-0.1, -0.05) is 54.6 Å². The first-order chi connectivity index (χ1) is 26.7. The molecule has 9 rings (SSSR count). The molecule has 0 aliphatic carbocycles. The van der Waals surface area contributed by atoms with Gasteiger partial charge in [-0.05, 0) is 110 Å². The molecule has 3 fully saturated rings. The molecule has 14 heteroatoms. The van der Waals surface area contributed by atoms with Gasteiger partial charge in [-0.2, -0.15) is 0 Å². The Bertz CT molecular complexity index is 2460. The zero-order chi connectivity index (χ0) is 38.1. The van der Waals surface area contributed by atoms with E-state index in [-0.39, 0.29) is 33.3 Å². The molecule has 3 aliphatic heterocycles. The van der Waals surface area contributed by atoms with Crippen molar-refractivity contribution in [1.29, 1.82) is 0 Å². The van der Waals surface area contributed by atoms with Crippen LogP contribution in [-0.4, -0.2) is 74.6 Å². The lowest BCUT2D eigenvalue weighted by atomic mass is 9.82. The maximum Gasteiger partial charge on any atom is 0.419 e. The Morgan fingerprint density at radius 2 is 1.68 bits per heavy atom. The minimum absolute atomic E-state index is 0. The van der Waals surface area contributed by atoms with E-state index in [1.807, 2.05) is 60.7 Å². The Morgan fingerprint density at radius 1 is 0.930 bits per heavy atom. The number of benzene rings is 4. The van der Waals surface area contributed by atoms with Gasteiger partial charge in [-0.3, -0.25) is 23.7 Å². The normalized spacial score (nSPS) is 17.9. The van der Waals surface area contributed by atoms with Crippen molar-refractivity contribution in [3.05, 3.63) is 129 Å². The standard InChI is InChI=1S/C43H45N5O7.2FH/c49-37-14-11-32(33-12-15-40(51)45-41(33)37)38(50)25-44-19-16-28-9-13-34-39(24-28)55-43(54)47(34)20-4-5-27-8-10-31(29-6-2-1-3-7-29)35(23-27)48(42(52)53)36-26-46-21-17-30(36)18-22-46;;/h1-3,6-15,23-24,30,36,38,44,49-50H,4-5,16-22,25-26H2,(H,45,51)(H,52,53);2*1H/t36?,38-;;/m0../s1. The lowest BCUT2D eigenvalue weighted by Crippen LogP contribution is -2.59. The number of H-pyrrole nitrogens is 1. The fourth-order valence-electron chi connectivity index (χ4n) is 8.49. The number of hydrogen-bond donors (Lipinski definition) is 5. The molecule has 1 amide bonds. The fourth-order valence-corrected chi connectivity index (χ4v) is 8.49. The van der Waals surface area contributed by atoms with Crippen LogP contribution in [0.5, 0.6) is 5.75 Å². The van der Waals surface area contributed by atoms with Crippen molar-refractivity contribution in [3.8, 4) is 16.9 Å². The van der Waals surface area contributed by atoms with Gasteiger partial charge in [-0.15, -0.1) is 0 Å². The van der Waals surface area contributed by atoms with E-state index in [0.29, 0.717) is 71.5 Å². The van der Waals surface area contributed by atoms with Gasteiger partial charge in [0.15, 0.2) is 5.58 Å². The maximum atomic E-state index is 13.0. The Morgan fingerprint density at radius 3 is 2.42 bits per heavy atom. The molecule has 1 unspecified atom stereocenters. The van der Waals surface area contributed by atoms with Crippen molar-refractivity contribution in [2.45, 2.75) is 50.8 Å². The van der Waals surface area contributed by atoms with Crippen LogP contribution in [0, 0.1) is 5.92 Å². The number of carbonyl (C=O) groups is 1. The lowest BCUT2D eigenvalue weighted by Gasteiger charge is -2.48. The topological polar surface area (TPSA) is 164 Å². The van der Waals surface area contributed by atoms with E-state index in [9.17, 15) is 29.7 Å². The third-order valence-electron chi connectivity index (χ3n) is 11.3. The van der Waals surface area contributed by atoms with Crippen LogP contribution in [-0.2, 0) is 19.4 Å². The molecule has 4 aromatic carbocycles. The molecule has 3 saturated heterocycles. The highest BCUT2D eigenvalue weighted by molar-refractivity contribution is 5.94. The average molecular weight is 784 g/mol. The molecule has 2 bridgehead atoms. The fraction of sp³-hybridized carbons (Fsp3) is 0.326. The van der Waals surface area contributed by atoms with Crippen molar-refractivity contribution in [2.24, 2.45) is 5.92 Å². The summed E-state index contributed by atoms with van der Waals surface area (Å²) in [6.45, 7) is 4.07. The molecule has 2 aromatic heterocycles. The highest BCUT2D eigenvalue weighted by atomic mass is 19.0. The molecule has 12 nitrogen and oxygen atoms in total. The number of fused-ring (bicyclic) bond motifs is 5. The lowest BCUT2D eigenvalue weighted by molar-refractivity contribution is 0.0837. The number of aromatic hydroxyl groups is 1. The summed E-state index contributed by atoms with van der Waals surface area (Å²) in [5, 5.41) is 35.5. The van der Waals surface area contributed by atoms with Crippen molar-refractivity contribution >= 4 is 33.8 Å². The summed E-state index contributed by atoms with van der Waals surface area (Å²) in [5.74, 6) is -0.138. The molecule has 6 aromatic rings. The number of piperidine rings is 3. The van der Waals surface area contributed by atoms with Crippen LogP contribution in [0.25, 0.3) is 33.1 Å². The van der Waals surface area contributed by atoms with Gasteiger partial charge in [0, 0.05) is 36.7 Å². The molecule has 5 heterocycles. The Labute approximate surface area is 326 Å². The molecule has 2 atom stereocenters. The summed E-state index contributed by atoms with van der Waals surface area (Å²) in [7, 11) is 0. The maximum absolute atomic E-state index is 13.0. The van der Waals surface area contributed by atoms with E-state index in [1.165, 1.54) is 12.1 Å². The Hall–Kier alpha value is -5.83. The van der Waals surface area contributed by atoms with Crippen LogP contribution >= 0.6 is 0 Å². The van der Waals surface area contributed by atoms with Gasteiger partial charge in [0.2, 0.25) is 5.56 Å². The summed E-state index contributed by atoms with van der Waals surface area (Å²) in [6, 6.07) is 27.8. The molecular formula is C43H47F2N5O7. The average Bonchev–Trinajstić information content (AvgIpc) is 3.51. The number of aromatic amines is 1. The molecule has 3 aliphatic rings. The first-order valence-corrected chi connectivity index (χ1v) is 19.0. The number of halogens is 2. The van der Waals surface area contributed by atoms with Gasteiger partial charge in [-0.25, -0.2) is 9.59 Å². The van der Waals surface area contributed by atoms with Gasteiger partial charge in [0.1, 0.15) is 5.75 Å². The zero-order valence-corrected chi connectivity index (χ0v) is 31.3. The molecule has 0 spiro atoms. The van der Waals surface area contributed by atoms with Crippen LogP contribution in [0.1, 0.15) is 42.1 Å². The van der Waals surface area contributed by atoms with Gasteiger partial charge in [0.05, 0.1) is 28.9 Å². The molecule has 5 N–H and O–H groups in total. The number of aromatic nitrogens is 2. The molecule has 57 heavy (non-hydrogen) atoms. The number of amides is 1. The van der Waals surface area contributed by atoms with Gasteiger partial charge >= 0.3 is 11.8 Å². The van der Waals surface area contributed by atoms with E-state index in [4.69, 9.17) is 4.42 Å². The van der Waals surface area contributed by atoms with E-state index in [2.05, 4.69) is 21.3 Å². The number of pyridine rings is 1. The van der Waals surface area contributed by atoms with Crippen LogP contribution in [0.3, 0.4) is 0 Å². The number of hydrogen-bond acceptors (Lipinski definition) is 8. The SMILES string of the molecule is F.F.O=C(O)N(c1cc(CCCn2c(=O)oc3cc(CCNC[C@H](O)c4ccc(O)c5[nH]c(=O)ccc45)ccc32)ccc1-c1ccccc1)C1CN2CCC1CC2. The zero-order valence-electron chi connectivity index (χ0n) is 31.3. The molecule has 0 radical (unpaired) electrons. The Kier molecular flexibility index (Phi) is 12.6. The highest BCUT2D eigenvalue weighted by Crippen LogP contribution is 2.39. The van der Waals surface area contributed by atoms with E-state index in [0.717, 1.165) is 54.7 Å². The first-order valence-electron chi connectivity index (χ1n) is 19.0. The van der Waals surface area contributed by atoms with Gasteiger partial charge < -0.3 is 34.9 Å². The third-order valence-corrected chi connectivity index (χ3v) is 11.3. The number of oxazole rings is 1. The number of carboxylic acid groups (broad SMARTS) is 1. The molecule has 0 saturated carbocycles. The number of rotatable bonds is 13. The largest absolute Gasteiger partial charge is 0.506 e. The number of aliphatic hydroxyl groups excluding tert-OH is 1. The monoisotopic (exact) mass is 783 g/mol. The number of anilines is 1. The number of aliphatic hydroxyl groups is 1. The third kappa shape index (κ3) is 8.48. The molecule has 300 valence electrons. The summed E-state index contributed by atoms with van der Waals surface area (Å²) >= 11 is 0. The number of phenolic OH excluding ortho intramolecular Hbond substituents is 1. The Balaban J connectivity index is 0.00000275. The smallest absolute Gasteiger partial charge is 0.419 e. The van der Waals surface area contributed by atoms with Crippen molar-refractivity contribution in [3.63, 3.8) is 0 Å². The van der Waals surface area contributed by atoms with Crippen LogP contribution in [0.4, 0.5) is 19.9 Å². The number of nitrogens with one attached hydrogen (secondary N) is 2. The van der Waals surface area contributed by atoms with E-state index < -0.39 is 18.0 Å². The second kappa shape index (κ2) is 17.5. The van der Waals surface area contributed by atoms with Crippen molar-refractivity contribution in [2.75, 3.05) is 37.6 Å². The summed E-state index contributed by atoms with van der Waals surface area (Å²) in [6.07, 6.45) is 2.17. The van der Waals surface area contributed by atoms with E-state index in [1.54, 1.807) is 21.6 Å². The number of nitrogens with zero attached hydrogens (tertiary/aromatic N) is 3. The summed E-state index contributed by atoms with van der Waals surface area (Å²) in [5.41, 5.74) is 6.34. The first kappa shape index (κ1) is 40.8. The second-order valence-electron chi connectivity index (χ2n) is 14.8. The van der Waals surface area contributed by atoms with E-state index >= 15 is 0 Å². The summed E-state index contributed by atoms with van der Waals surface area (Å²) < 4.78 is 7.31. The second-order valence-corrected chi connectivity index (χ2v) is 14.8. The van der Waals surface area contributed by atoms with Gasteiger partial charge in [0.25, 0.3) is 0 Å². The van der Waals surface area contributed by atoms with Crippen molar-refractivity contribution in [1.82, 2.24) is 19.8 Å². The predicted molar refractivity (Wildman–Crippen MR) is 217 cm³/mol.